The third kappa shape index (κ3) is 4.31. The second-order valence-electron chi connectivity index (χ2n) is 3.80. The van der Waals surface area contributed by atoms with Crippen LogP contribution in [0, 0.1) is 0 Å². The lowest BCUT2D eigenvalue weighted by Crippen LogP contribution is -2.00. The Kier molecular flexibility index (Phi) is 6.11. The summed E-state index contributed by atoms with van der Waals surface area (Å²) in [5.41, 5.74) is 0.734. The fourth-order valence-electron chi connectivity index (χ4n) is 1.56. The van der Waals surface area contributed by atoms with Crippen molar-refractivity contribution in [1.82, 2.24) is 0 Å². The number of carboxylic acid groups (broad SMARTS) is 1. The molecule has 1 rings (SSSR count). The monoisotopic (exact) mass is 296 g/mol. The summed E-state index contributed by atoms with van der Waals surface area (Å²) in [6.07, 6.45) is 3.55. The third-order valence-corrected chi connectivity index (χ3v) is 3.22. The molecule has 0 radical (unpaired) electrons. The fourth-order valence-corrected chi connectivity index (χ4v) is 1.99. The summed E-state index contributed by atoms with van der Waals surface area (Å²) in [5, 5.41) is 9.06. The highest BCUT2D eigenvalue weighted by molar-refractivity contribution is 8.13. The molecule has 0 saturated carbocycles. The summed E-state index contributed by atoms with van der Waals surface area (Å²) in [5.74, 6) is 0.295. The van der Waals surface area contributed by atoms with E-state index in [1.54, 1.807) is 12.2 Å². The maximum Gasteiger partial charge on any atom is 0.335 e. The van der Waals surface area contributed by atoms with Gasteiger partial charge in [-0.2, -0.15) is 0 Å². The molecule has 20 heavy (non-hydrogen) atoms. The predicted molar refractivity (Wildman–Crippen MR) is 78.7 cm³/mol. The van der Waals surface area contributed by atoms with Gasteiger partial charge in [-0.1, -0.05) is 23.9 Å². The Hall–Kier alpha value is -1.95. The number of methoxy groups -OCH3 is 2. The van der Waals surface area contributed by atoms with Gasteiger partial charge in [0, 0.05) is 12.7 Å². The van der Waals surface area contributed by atoms with Gasteiger partial charge >= 0.3 is 5.97 Å². The highest BCUT2D eigenvalue weighted by Crippen LogP contribution is 2.32. The zero-order valence-electron chi connectivity index (χ0n) is 11.5. The molecular formula is C14H16O5S. The van der Waals surface area contributed by atoms with Crippen molar-refractivity contribution >= 4 is 28.9 Å². The van der Waals surface area contributed by atoms with Crippen molar-refractivity contribution in [3.8, 4) is 11.5 Å². The summed E-state index contributed by atoms with van der Waals surface area (Å²) in [6, 6.07) is 2.87. The maximum atomic E-state index is 11.0. The number of carboxylic acids is 1. The van der Waals surface area contributed by atoms with Gasteiger partial charge in [0.05, 0.1) is 25.3 Å². The molecule has 1 aromatic rings. The van der Waals surface area contributed by atoms with Crippen LogP contribution in [0.5, 0.6) is 11.5 Å². The molecule has 5 nitrogen and oxygen atoms in total. The number of benzene rings is 1. The van der Waals surface area contributed by atoms with Gasteiger partial charge in [0.25, 0.3) is 0 Å². The first-order valence-electron chi connectivity index (χ1n) is 5.78. The van der Waals surface area contributed by atoms with Gasteiger partial charge in [0.1, 0.15) is 11.5 Å². The molecule has 0 aliphatic carbocycles. The van der Waals surface area contributed by atoms with Crippen LogP contribution in [-0.2, 0) is 4.79 Å². The van der Waals surface area contributed by atoms with Gasteiger partial charge in [0.15, 0.2) is 5.12 Å². The van der Waals surface area contributed by atoms with Crippen molar-refractivity contribution < 1.29 is 24.2 Å². The molecule has 0 heterocycles. The number of aromatic carboxylic acids is 1. The molecule has 0 bridgehead atoms. The lowest BCUT2D eigenvalue weighted by Gasteiger charge is -2.11. The lowest BCUT2D eigenvalue weighted by molar-refractivity contribution is -0.109. The minimum absolute atomic E-state index is 0.0369. The lowest BCUT2D eigenvalue weighted by atomic mass is 10.1. The van der Waals surface area contributed by atoms with E-state index in [4.69, 9.17) is 14.6 Å². The Morgan fingerprint density at radius 2 is 1.80 bits per heavy atom. The van der Waals surface area contributed by atoms with Crippen LogP contribution in [-0.4, -0.2) is 36.2 Å². The zero-order chi connectivity index (χ0) is 15.1. The molecule has 0 atom stereocenters. The van der Waals surface area contributed by atoms with Gasteiger partial charge in [-0.3, -0.25) is 4.79 Å². The molecule has 0 aliphatic rings. The average molecular weight is 296 g/mol. The van der Waals surface area contributed by atoms with E-state index in [1.165, 1.54) is 45.0 Å². The number of carbonyl (C=O) groups is 2. The number of ether oxygens (including phenoxy) is 2. The van der Waals surface area contributed by atoms with Crippen LogP contribution in [0.25, 0.3) is 6.08 Å². The first-order valence-corrected chi connectivity index (χ1v) is 6.77. The molecule has 108 valence electrons. The highest BCUT2D eigenvalue weighted by atomic mass is 32.2. The van der Waals surface area contributed by atoms with Crippen LogP contribution in [0.2, 0.25) is 0 Å². The van der Waals surface area contributed by atoms with E-state index in [0.29, 0.717) is 22.8 Å². The van der Waals surface area contributed by atoms with E-state index in [2.05, 4.69) is 0 Å². The summed E-state index contributed by atoms with van der Waals surface area (Å²) >= 11 is 1.18. The van der Waals surface area contributed by atoms with Crippen molar-refractivity contribution in [3.63, 3.8) is 0 Å². The molecule has 0 amide bonds. The molecule has 0 saturated heterocycles. The standard InChI is InChI=1S/C14H16O5S/c1-9(15)20-6-4-5-11-12(18-2)7-10(14(16)17)8-13(11)19-3/h4-5,7-8H,6H2,1-3H3,(H,16,17). The number of thioether (sulfide) groups is 1. The Balaban J connectivity index is 3.10. The smallest absolute Gasteiger partial charge is 0.335 e. The Morgan fingerprint density at radius 1 is 1.25 bits per heavy atom. The molecule has 0 aliphatic heterocycles. The predicted octanol–water partition coefficient (Wildman–Crippen LogP) is 2.69. The third-order valence-electron chi connectivity index (χ3n) is 2.46. The maximum absolute atomic E-state index is 11.0. The topological polar surface area (TPSA) is 72.8 Å². The van der Waals surface area contributed by atoms with Crippen molar-refractivity contribution in [3.05, 3.63) is 29.3 Å². The number of carbonyl (C=O) groups excluding carboxylic acids is 1. The van der Waals surface area contributed by atoms with Crippen LogP contribution in [0.3, 0.4) is 0 Å². The fraction of sp³-hybridized carbons (Fsp3) is 0.286. The Morgan fingerprint density at radius 3 is 2.20 bits per heavy atom. The second-order valence-corrected chi connectivity index (χ2v) is 5.00. The molecule has 0 unspecified atom stereocenters. The van der Waals surface area contributed by atoms with Gasteiger partial charge in [-0.05, 0) is 12.1 Å². The summed E-state index contributed by atoms with van der Waals surface area (Å²) in [4.78, 5) is 21.8. The summed E-state index contributed by atoms with van der Waals surface area (Å²) < 4.78 is 10.4. The van der Waals surface area contributed by atoms with E-state index in [9.17, 15) is 9.59 Å². The van der Waals surface area contributed by atoms with Crippen molar-refractivity contribution in [1.29, 1.82) is 0 Å². The van der Waals surface area contributed by atoms with Gasteiger partial charge in [-0.25, -0.2) is 4.79 Å². The molecule has 6 heteroatoms. The van der Waals surface area contributed by atoms with E-state index in [-0.39, 0.29) is 10.7 Å². The van der Waals surface area contributed by atoms with Crippen molar-refractivity contribution in [2.24, 2.45) is 0 Å². The number of rotatable bonds is 6. The molecule has 0 aromatic heterocycles. The van der Waals surface area contributed by atoms with Crippen LogP contribution in [0.4, 0.5) is 0 Å². The normalized spacial score (nSPS) is 10.6. The second kappa shape index (κ2) is 7.59. The average Bonchev–Trinajstić information content (AvgIpc) is 2.42. The van der Waals surface area contributed by atoms with Crippen LogP contribution in [0.15, 0.2) is 18.2 Å². The molecule has 1 aromatic carbocycles. The largest absolute Gasteiger partial charge is 0.496 e. The molecular weight excluding hydrogens is 280 g/mol. The summed E-state index contributed by atoms with van der Waals surface area (Å²) in [7, 11) is 2.92. The minimum atomic E-state index is -1.05. The van der Waals surface area contributed by atoms with Gasteiger partial charge < -0.3 is 14.6 Å². The van der Waals surface area contributed by atoms with Gasteiger partial charge in [-0.15, -0.1) is 0 Å². The number of hydrogen-bond donors (Lipinski definition) is 1. The van der Waals surface area contributed by atoms with E-state index >= 15 is 0 Å². The van der Waals surface area contributed by atoms with Crippen LogP contribution < -0.4 is 9.47 Å². The first-order chi connectivity index (χ1) is 9.49. The minimum Gasteiger partial charge on any atom is -0.496 e. The zero-order valence-corrected chi connectivity index (χ0v) is 12.3. The van der Waals surface area contributed by atoms with Gasteiger partial charge in [0.2, 0.25) is 0 Å². The quantitative estimate of drug-likeness (QED) is 0.870. The summed E-state index contributed by atoms with van der Waals surface area (Å²) in [6.45, 7) is 1.50. The van der Waals surface area contributed by atoms with E-state index in [0.717, 1.165) is 0 Å². The first kappa shape index (κ1) is 16.1. The van der Waals surface area contributed by atoms with Crippen LogP contribution >= 0.6 is 11.8 Å². The number of hydrogen-bond acceptors (Lipinski definition) is 5. The Labute approximate surface area is 121 Å². The highest BCUT2D eigenvalue weighted by Gasteiger charge is 2.13. The molecule has 0 fully saturated rings. The van der Waals surface area contributed by atoms with E-state index < -0.39 is 5.97 Å². The molecule has 1 N–H and O–H groups in total. The molecule has 0 spiro atoms. The van der Waals surface area contributed by atoms with Crippen LogP contribution in [0.1, 0.15) is 22.8 Å². The SMILES string of the molecule is COc1cc(C(=O)O)cc(OC)c1C=CCSC(C)=O. The Bertz CT molecular complexity index is 511. The van der Waals surface area contributed by atoms with Crippen molar-refractivity contribution in [2.75, 3.05) is 20.0 Å². The van der Waals surface area contributed by atoms with E-state index in [1.807, 2.05) is 0 Å². The van der Waals surface area contributed by atoms with Crippen molar-refractivity contribution in [2.45, 2.75) is 6.92 Å².